The molecule has 17 heavy (non-hydrogen) atoms. The Morgan fingerprint density at radius 3 is 2.71 bits per heavy atom. The fourth-order valence-electron chi connectivity index (χ4n) is 2.20. The second kappa shape index (κ2) is 5.82. The van der Waals surface area contributed by atoms with E-state index in [1.54, 1.807) is 4.90 Å². The van der Waals surface area contributed by atoms with Gasteiger partial charge in [-0.1, -0.05) is 0 Å². The van der Waals surface area contributed by atoms with Crippen molar-refractivity contribution in [1.29, 1.82) is 0 Å². The van der Waals surface area contributed by atoms with E-state index >= 15 is 0 Å². The molecule has 1 aliphatic heterocycles. The van der Waals surface area contributed by atoms with Crippen LogP contribution in [0.3, 0.4) is 0 Å². The van der Waals surface area contributed by atoms with E-state index in [-0.39, 0.29) is 11.9 Å². The zero-order valence-corrected chi connectivity index (χ0v) is 11.4. The normalized spacial score (nSPS) is 22.8. The smallest absolute Gasteiger partial charge is 0.240 e. The SMILES string of the molecule is CC(C(=O)N1CCCC1CCCN)S(C)(=O)=O. The van der Waals surface area contributed by atoms with Crippen molar-refractivity contribution in [1.82, 2.24) is 4.90 Å². The molecule has 1 amide bonds. The Bertz CT molecular complexity index is 367. The van der Waals surface area contributed by atoms with Gasteiger partial charge in [0.25, 0.3) is 0 Å². The number of carbonyl (C=O) groups is 1. The first-order valence-electron chi connectivity index (χ1n) is 6.07. The summed E-state index contributed by atoms with van der Waals surface area (Å²) in [6.45, 7) is 2.75. The highest BCUT2D eigenvalue weighted by molar-refractivity contribution is 7.92. The number of likely N-dealkylation sites (tertiary alicyclic amines) is 1. The van der Waals surface area contributed by atoms with Gasteiger partial charge < -0.3 is 10.6 Å². The molecular weight excluding hydrogens is 240 g/mol. The Hall–Kier alpha value is -0.620. The number of hydrogen-bond acceptors (Lipinski definition) is 4. The Morgan fingerprint density at radius 2 is 2.18 bits per heavy atom. The largest absolute Gasteiger partial charge is 0.339 e. The van der Waals surface area contributed by atoms with E-state index in [4.69, 9.17) is 5.73 Å². The molecule has 1 rings (SSSR count). The Labute approximate surface area is 103 Å². The van der Waals surface area contributed by atoms with Crippen molar-refractivity contribution in [2.75, 3.05) is 19.3 Å². The number of hydrogen-bond donors (Lipinski definition) is 1. The van der Waals surface area contributed by atoms with Gasteiger partial charge in [-0.2, -0.15) is 0 Å². The average Bonchev–Trinajstić information content (AvgIpc) is 2.71. The Kier molecular flexibility index (Phi) is 4.94. The van der Waals surface area contributed by atoms with Crippen molar-refractivity contribution in [3.05, 3.63) is 0 Å². The number of nitrogens with two attached hydrogens (primary N) is 1. The van der Waals surface area contributed by atoms with Crippen LogP contribution < -0.4 is 5.73 Å². The zero-order chi connectivity index (χ0) is 13.1. The van der Waals surface area contributed by atoms with E-state index in [0.29, 0.717) is 13.1 Å². The van der Waals surface area contributed by atoms with Crippen LogP contribution in [0.1, 0.15) is 32.6 Å². The van der Waals surface area contributed by atoms with E-state index < -0.39 is 15.1 Å². The van der Waals surface area contributed by atoms with Gasteiger partial charge in [-0.3, -0.25) is 4.79 Å². The minimum atomic E-state index is -3.30. The molecule has 0 bridgehead atoms. The van der Waals surface area contributed by atoms with Crippen LogP contribution in [0.4, 0.5) is 0 Å². The highest BCUT2D eigenvalue weighted by atomic mass is 32.2. The van der Waals surface area contributed by atoms with Crippen molar-refractivity contribution in [2.24, 2.45) is 5.73 Å². The van der Waals surface area contributed by atoms with Crippen molar-refractivity contribution in [3.63, 3.8) is 0 Å². The van der Waals surface area contributed by atoms with E-state index in [1.807, 2.05) is 0 Å². The molecule has 0 aromatic carbocycles. The molecule has 0 saturated carbocycles. The Morgan fingerprint density at radius 1 is 1.53 bits per heavy atom. The molecule has 1 aliphatic rings. The summed E-state index contributed by atoms with van der Waals surface area (Å²) in [6.07, 6.45) is 4.78. The molecule has 2 unspecified atom stereocenters. The molecule has 2 atom stereocenters. The maximum atomic E-state index is 12.1. The van der Waals surface area contributed by atoms with Gasteiger partial charge in [0, 0.05) is 18.8 Å². The van der Waals surface area contributed by atoms with Gasteiger partial charge in [0.2, 0.25) is 5.91 Å². The summed E-state index contributed by atoms with van der Waals surface area (Å²) in [5.74, 6) is -0.257. The van der Waals surface area contributed by atoms with Crippen molar-refractivity contribution < 1.29 is 13.2 Å². The minimum absolute atomic E-state index is 0.176. The van der Waals surface area contributed by atoms with Crippen LogP contribution in [-0.4, -0.2) is 49.9 Å². The molecule has 5 nitrogen and oxygen atoms in total. The molecule has 100 valence electrons. The van der Waals surface area contributed by atoms with Gasteiger partial charge in [-0.25, -0.2) is 8.42 Å². The van der Waals surface area contributed by atoms with Gasteiger partial charge in [0.05, 0.1) is 0 Å². The molecule has 2 N–H and O–H groups in total. The quantitative estimate of drug-likeness (QED) is 0.764. The lowest BCUT2D eigenvalue weighted by atomic mass is 10.1. The lowest BCUT2D eigenvalue weighted by Gasteiger charge is -2.26. The van der Waals surface area contributed by atoms with Crippen LogP contribution in [0, 0.1) is 0 Å². The van der Waals surface area contributed by atoms with E-state index in [9.17, 15) is 13.2 Å². The summed E-state index contributed by atoms with van der Waals surface area (Å²) < 4.78 is 22.8. The molecule has 0 spiro atoms. The molecule has 1 fully saturated rings. The topological polar surface area (TPSA) is 80.5 Å². The van der Waals surface area contributed by atoms with Crippen LogP contribution >= 0.6 is 0 Å². The summed E-state index contributed by atoms with van der Waals surface area (Å²) in [7, 11) is -3.30. The highest BCUT2D eigenvalue weighted by Gasteiger charge is 2.34. The van der Waals surface area contributed by atoms with E-state index in [1.165, 1.54) is 6.92 Å². The molecule has 0 radical (unpaired) electrons. The van der Waals surface area contributed by atoms with E-state index in [0.717, 1.165) is 31.9 Å². The number of nitrogens with zero attached hydrogens (tertiary/aromatic N) is 1. The summed E-state index contributed by atoms with van der Waals surface area (Å²) in [6, 6.07) is 0.176. The second-order valence-electron chi connectivity index (χ2n) is 4.73. The van der Waals surface area contributed by atoms with Gasteiger partial charge >= 0.3 is 0 Å². The lowest BCUT2D eigenvalue weighted by molar-refractivity contribution is -0.131. The number of carbonyl (C=O) groups excluding carboxylic acids is 1. The molecule has 0 aliphatic carbocycles. The highest BCUT2D eigenvalue weighted by Crippen LogP contribution is 2.23. The third-order valence-corrected chi connectivity index (χ3v) is 4.88. The van der Waals surface area contributed by atoms with E-state index in [2.05, 4.69) is 0 Å². The number of sulfone groups is 1. The fourth-order valence-corrected chi connectivity index (χ4v) is 2.70. The predicted molar refractivity (Wildman–Crippen MR) is 67.3 cm³/mol. The standard InChI is InChI=1S/C11H22N2O3S/c1-9(17(2,15)16)11(14)13-8-4-6-10(13)5-3-7-12/h9-10H,3-8,12H2,1-2H3. The summed E-state index contributed by atoms with van der Waals surface area (Å²) in [4.78, 5) is 13.8. The first-order chi connectivity index (χ1) is 7.88. The molecule has 6 heteroatoms. The Balaban J connectivity index is 2.68. The lowest BCUT2D eigenvalue weighted by Crippen LogP contribution is -2.43. The molecule has 0 aromatic heterocycles. The van der Waals surface area contributed by atoms with Crippen LogP contribution in [-0.2, 0) is 14.6 Å². The maximum Gasteiger partial charge on any atom is 0.240 e. The summed E-state index contributed by atoms with van der Waals surface area (Å²) in [5.41, 5.74) is 5.46. The first kappa shape index (κ1) is 14.4. The molecule has 1 heterocycles. The van der Waals surface area contributed by atoms with Crippen molar-refractivity contribution >= 4 is 15.7 Å². The predicted octanol–water partition coefficient (Wildman–Crippen LogP) is 0.149. The van der Waals surface area contributed by atoms with Gasteiger partial charge in [-0.05, 0) is 39.2 Å². The molecule has 1 saturated heterocycles. The van der Waals surface area contributed by atoms with Crippen LogP contribution in [0.15, 0.2) is 0 Å². The number of rotatable bonds is 5. The zero-order valence-electron chi connectivity index (χ0n) is 10.6. The monoisotopic (exact) mass is 262 g/mol. The van der Waals surface area contributed by atoms with Crippen molar-refractivity contribution in [2.45, 2.75) is 43.9 Å². The summed E-state index contributed by atoms with van der Waals surface area (Å²) in [5, 5.41) is -0.930. The molecule has 0 aromatic rings. The third kappa shape index (κ3) is 3.67. The van der Waals surface area contributed by atoms with Crippen LogP contribution in [0.25, 0.3) is 0 Å². The van der Waals surface area contributed by atoms with Crippen LogP contribution in [0.5, 0.6) is 0 Å². The second-order valence-corrected chi connectivity index (χ2v) is 7.10. The van der Waals surface area contributed by atoms with Gasteiger partial charge in [0.15, 0.2) is 9.84 Å². The van der Waals surface area contributed by atoms with Crippen molar-refractivity contribution in [3.8, 4) is 0 Å². The van der Waals surface area contributed by atoms with Gasteiger partial charge in [-0.15, -0.1) is 0 Å². The van der Waals surface area contributed by atoms with Crippen LogP contribution in [0.2, 0.25) is 0 Å². The maximum absolute atomic E-state index is 12.1. The summed E-state index contributed by atoms with van der Waals surface area (Å²) >= 11 is 0. The molecular formula is C11H22N2O3S. The minimum Gasteiger partial charge on any atom is -0.339 e. The number of amides is 1. The first-order valence-corrected chi connectivity index (χ1v) is 8.02. The third-order valence-electron chi connectivity index (χ3n) is 3.39. The fraction of sp³-hybridized carbons (Fsp3) is 0.909. The average molecular weight is 262 g/mol. The van der Waals surface area contributed by atoms with Gasteiger partial charge in [0.1, 0.15) is 5.25 Å².